The Bertz CT molecular complexity index is 1180. The van der Waals surface area contributed by atoms with Crippen molar-refractivity contribution < 1.29 is 13.2 Å². The van der Waals surface area contributed by atoms with Crippen LogP contribution in [-0.4, -0.2) is 54.6 Å². The summed E-state index contributed by atoms with van der Waals surface area (Å²) in [5.41, 5.74) is 2.50. The van der Waals surface area contributed by atoms with E-state index >= 15 is 0 Å². The molecule has 4 rings (SSSR count). The first-order valence-electron chi connectivity index (χ1n) is 11.6. The standard InChI is InChI=1S/C26H34N4O3S/c1-26(2,3)21-10-12-22(13-11-21)33-15-14-27-24-17-30(16-23(24)20-8-6-5-7-9-20)34(31,32)25-18-29(4)19-28-25/h5-13,18-19,23-24,27H,14-17H2,1-4H3/t23-,24+/m1/s1. The predicted molar refractivity (Wildman–Crippen MR) is 134 cm³/mol. The molecular formula is C26H34N4O3S. The highest BCUT2D eigenvalue weighted by atomic mass is 32.2. The van der Waals surface area contributed by atoms with Crippen LogP contribution < -0.4 is 10.1 Å². The van der Waals surface area contributed by atoms with Gasteiger partial charge in [-0.3, -0.25) is 0 Å². The maximum Gasteiger partial charge on any atom is 0.262 e. The molecule has 2 heterocycles. The molecule has 1 aliphatic rings. The molecule has 1 N–H and O–H groups in total. The van der Waals surface area contributed by atoms with Crippen molar-refractivity contribution in [1.82, 2.24) is 19.2 Å². The Hall–Kier alpha value is -2.68. The average Bonchev–Trinajstić information content (AvgIpc) is 3.44. The van der Waals surface area contributed by atoms with Gasteiger partial charge in [-0.15, -0.1) is 0 Å². The van der Waals surface area contributed by atoms with Crippen molar-refractivity contribution in [3.05, 3.63) is 78.2 Å². The van der Waals surface area contributed by atoms with E-state index in [-0.39, 0.29) is 22.4 Å². The van der Waals surface area contributed by atoms with Crippen molar-refractivity contribution >= 4 is 10.0 Å². The lowest BCUT2D eigenvalue weighted by molar-refractivity contribution is 0.303. The van der Waals surface area contributed by atoms with Crippen LogP contribution in [-0.2, 0) is 22.5 Å². The highest BCUT2D eigenvalue weighted by Gasteiger charge is 2.40. The second-order valence-electron chi connectivity index (χ2n) is 9.90. The summed E-state index contributed by atoms with van der Waals surface area (Å²) in [4.78, 5) is 4.08. The maximum absolute atomic E-state index is 13.2. The SMILES string of the molecule is Cn1cnc(S(=O)(=O)N2C[C@H](NCCOc3ccc(C(C)(C)C)cc3)[C@@H](c3ccccc3)C2)c1. The Balaban J connectivity index is 1.40. The fourth-order valence-corrected chi connectivity index (χ4v) is 5.79. The average molecular weight is 483 g/mol. The van der Waals surface area contributed by atoms with Crippen LogP contribution in [0.5, 0.6) is 5.75 Å². The first-order valence-corrected chi connectivity index (χ1v) is 13.1. The first-order chi connectivity index (χ1) is 16.1. The lowest BCUT2D eigenvalue weighted by atomic mass is 9.87. The van der Waals surface area contributed by atoms with Crippen LogP contribution in [0.25, 0.3) is 0 Å². The zero-order valence-electron chi connectivity index (χ0n) is 20.3. The zero-order chi connectivity index (χ0) is 24.3. The number of ether oxygens (including phenoxy) is 1. The van der Waals surface area contributed by atoms with E-state index in [0.717, 1.165) is 11.3 Å². The topological polar surface area (TPSA) is 76.5 Å². The van der Waals surface area contributed by atoms with E-state index in [2.05, 4.69) is 55.3 Å². The second kappa shape index (κ2) is 9.90. The van der Waals surface area contributed by atoms with Gasteiger partial charge in [-0.1, -0.05) is 63.2 Å². The van der Waals surface area contributed by atoms with Crippen molar-refractivity contribution in [1.29, 1.82) is 0 Å². The summed E-state index contributed by atoms with van der Waals surface area (Å²) >= 11 is 0. The van der Waals surface area contributed by atoms with E-state index < -0.39 is 10.0 Å². The fourth-order valence-electron chi connectivity index (χ4n) is 4.33. The van der Waals surface area contributed by atoms with Gasteiger partial charge < -0.3 is 14.6 Å². The zero-order valence-corrected chi connectivity index (χ0v) is 21.1. The van der Waals surface area contributed by atoms with Gasteiger partial charge in [0.2, 0.25) is 0 Å². The molecule has 0 unspecified atom stereocenters. The van der Waals surface area contributed by atoms with Gasteiger partial charge in [0.25, 0.3) is 10.0 Å². The number of aryl methyl sites for hydroxylation is 1. The number of sulfonamides is 1. The molecule has 0 saturated carbocycles. The van der Waals surface area contributed by atoms with E-state index in [1.165, 1.54) is 16.2 Å². The number of hydrogen-bond acceptors (Lipinski definition) is 5. The molecule has 0 bridgehead atoms. The van der Waals surface area contributed by atoms with Crippen LogP contribution in [0.2, 0.25) is 0 Å². The van der Waals surface area contributed by atoms with Crippen LogP contribution in [0.15, 0.2) is 72.1 Å². The van der Waals surface area contributed by atoms with Gasteiger partial charge in [-0.25, -0.2) is 13.4 Å². The van der Waals surface area contributed by atoms with E-state index in [1.807, 2.05) is 30.3 Å². The van der Waals surface area contributed by atoms with E-state index in [4.69, 9.17) is 4.74 Å². The molecular weight excluding hydrogens is 448 g/mol. The second-order valence-corrected chi connectivity index (χ2v) is 11.8. The lowest BCUT2D eigenvalue weighted by Gasteiger charge is -2.21. The number of imidazole rings is 1. The van der Waals surface area contributed by atoms with Gasteiger partial charge in [-0.2, -0.15) is 4.31 Å². The number of nitrogens with one attached hydrogen (secondary N) is 1. The van der Waals surface area contributed by atoms with Gasteiger partial charge in [0, 0.05) is 44.8 Å². The van der Waals surface area contributed by atoms with E-state index in [1.54, 1.807) is 17.8 Å². The van der Waals surface area contributed by atoms with Crippen LogP contribution in [0, 0.1) is 0 Å². The van der Waals surface area contributed by atoms with E-state index in [0.29, 0.717) is 26.2 Å². The van der Waals surface area contributed by atoms with Crippen LogP contribution in [0.3, 0.4) is 0 Å². The van der Waals surface area contributed by atoms with E-state index in [9.17, 15) is 8.42 Å². The summed E-state index contributed by atoms with van der Waals surface area (Å²) in [6, 6.07) is 18.3. The third kappa shape index (κ3) is 5.51. The Morgan fingerprint density at radius 2 is 1.76 bits per heavy atom. The van der Waals surface area contributed by atoms with Crippen LogP contribution in [0.4, 0.5) is 0 Å². The molecule has 1 aliphatic heterocycles. The Kier molecular flexibility index (Phi) is 7.12. The van der Waals surface area contributed by atoms with Crippen molar-refractivity contribution in [2.75, 3.05) is 26.2 Å². The van der Waals surface area contributed by atoms with Crippen LogP contribution >= 0.6 is 0 Å². The smallest absolute Gasteiger partial charge is 0.262 e. The maximum atomic E-state index is 13.2. The molecule has 0 amide bonds. The molecule has 34 heavy (non-hydrogen) atoms. The monoisotopic (exact) mass is 482 g/mol. The van der Waals surface area contributed by atoms with Crippen molar-refractivity contribution in [2.24, 2.45) is 7.05 Å². The molecule has 1 fully saturated rings. The molecule has 8 heteroatoms. The summed E-state index contributed by atoms with van der Waals surface area (Å²) in [6.07, 6.45) is 3.06. The minimum absolute atomic E-state index is 0.0206. The lowest BCUT2D eigenvalue weighted by Crippen LogP contribution is -2.38. The minimum Gasteiger partial charge on any atom is -0.492 e. The molecule has 0 aliphatic carbocycles. The van der Waals surface area contributed by atoms with Gasteiger partial charge in [0.1, 0.15) is 12.4 Å². The van der Waals surface area contributed by atoms with Gasteiger partial charge >= 0.3 is 0 Å². The number of aromatic nitrogens is 2. The summed E-state index contributed by atoms with van der Waals surface area (Å²) in [7, 11) is -1.88. The highest BCUT2D eigenvalue weighted by molar-refractivity contribution is 7.89. The molecule has 3 aromatic rings. The fraction of sp³-hybridized carbons (Fsp3) is 0.423. The van der Waals surface area contributed by atoms with Gasteiger partial charge in [0.05, 0.1) is 6.33 Å². The third-order valence-electron chi connectivity index (χ3n) is 6.30. The van der Waals surface area contributed by atoms with Crippen molar-refractivity contribution in [2.45, 2.75) is 43.2 Å². The summed E-state index contributed by atoms with van der Waals surface area (Å²) in [5.74, 6) is 0.881. The number of hydrogen-bond donors (Lipinski definition) is 1. The predicted octanol–water partition coefficient (Wildman–Crippen LogP) is 3.54. The molecule has 2 atom stereocenters. The van der Waals surface area contributed by atoms with Crippen molar-refractivity contribution in [3.8, 4) is 5.75 Å². The largest absolute Gasteiger partial charge is 0.492 e. The van der Waals surface area contributed by atoms with Crippen molar-refractivity contribution in [3.63, 3.8) is 0 Å². The Morgan fingerprint density at radius 1 is 1.06 bits per heavy atom. The molecule has 7 nitrogen and oxygen atoms in total. The third-order valence-corrected chi connectivity index (χ3v) is 8.01. The van der Waals surface area contributed by atoms with Gasteiger partial charge in [0.15, 0.2) is 5.03 Å². The van der Waals surface area contributed by atoms with Crippen LogP contribution in [0.1, 0.15) is 37.8 Å². The quantitative estimate of drug-likeness (QED) is 0.497. The molecule has 182 valence electrons. The minimum atomic E-state index is -3.65. The molecule has 0 spiro atoms. The molecule has 1 saturated heterocycles. The number of nitrogens with zero attached hydrogens (tertiary/aromatic N) is 3. The van der Waals surface area contributed by atoms with Gasteiger partial charge in [-0.05, 0) is 28.7 Å². The Labute approximate surface area is 202 Å². The molecule has 0 radical (unpaired) electrons. The number of benzene rings is 2. The normalized spacial score (nSPS) is 19.4. The number of rotatable bonds is 8. The summed E-state index contributed by atoms with van der Waals surface area (Å²) in [5, 5.41) is 3.63. The molecule has 1 aromatic heterocycles. The Morgan fingerprint density at radius 3 is 2.38 bits per heavy atom. The molecule has 2 aromatic carbocycles. The highest BCUT2D eigenvalue weighted by Crippen LogP contribution is 2.31. The first kappa shape index (κ1) is 24.4. The summed E-state index contributed by atoms with van der Waals surface area (Å²) < 4.78 is 35.5. The summed E-state index contributed by atoms with van der Waals surface area (Å²) in [6.45, 7) is 8.49.